The smallest absolute Gasteiger partial charge is 0.255 e. The Bertz CT molecular complexity index is 508. The first-order chi connectivity index (χ1) is 9.15. The molecule has 2 aliphatic rings. The fourth-order valence-corrected chi connectivity index (χ4v) is 3.82. The van der Waals surface area contributed by atoms with Crippen LogP contribution in [0.25, 0.3) is 0 Å². The molecule has 19 heavy (non-hydrogen) atoms. The largest absolute Gasteiger partial charge is 0.338 e. The summed E-state index contributed by atoms with van der Waals surface area (Å²) < 4.78 is 0.896. The first-order valence-electron chi connectivity index (χ1n) is 6.63. The molecular weight excluding hydrogens is 328 g/mol. The van der Waals surface area contributed by atoms with E-state index >= 15 is 0 Å². The third-order valence-corrected chi connectivity index (χ3v) is 4.91. The summed E-state index contributed by atoms with van der Waals surface area (Å²) in [4.78, 5) is 14.5. The van der Waals surface area contributed by atoms with Gasteiger partial charge in [-0.1, -0.05) is 27.5 Å². The Morgan fingerprint density at radius 3 is 3.05 bits per heavy atom. The maximum Gasteiger partial charge on any atom is 0.255 e. The number of hydrogen-bond donors (Lipinski definition) is 1. The van der Waals surface area contributed by atoms with Gasteiger partial charge in [0.25, 0.3) is 5.91 Å². The predicted molar refractivity (Wildman–Crippen MR) is 79.6 cm³/mol. The Morgan fingerprint density at radius 1 is 1.42 bits per heavy atom. The first kappa shape index (κ1) is 13.4. The molecule has 2 unspecified atom stereocenters. The molecule has 0 radical (unpaired) electrons. The number of carbonyl (C=O) groups is 1. The Labute approximate surface area is 126 Å². The second kappa shape index (κ2) is 5.43. The minimum Gasteiger partial charge on any atom is -0.338 e. The van der Waals surface area contributed by atoms with Crippen molar-refractivity contribution >= 4 is 33.4 Å². The lowest BCUT2D eigenvalue weighted by Gasteiger charge is -2.35. The van der Waals surface area contributed by atoms with Crippen LogP contribution in [0.3, 0.4) is 0 Å². The molecule has 2 atom stereocenters. The Hall–Kier alpha value is -0.580. The minimum atomic E-state index is 0.0582. The third-order valence-electron chi connectivity index (χ3n) is 4.10. The van der Waals surface area contributed by atoms with Crippen molar-refractivity contribution in [2.24, 2.45) is 5.92 Å². The van der Waals surface area contributed by atoms with Gasteiger partial charge < -0.3 is 10.2 Å². The fourth-order valence-electron chi connectivity index (χ4n) is 3.07. The molecule has 2 aliphatic heterocycles. The van der Waals surface area contributed by atoms with Gasteiger partial charge in [0.15, 0.2) is 0 Å². The van der Waals surface area contributed by atoms with Crippen LogP contribution in [-0.4, -0.2) is 36.5 Å². The van der Waals surface area contributed by atoms with Crippen molar-refractivity contribution in [3.8, 4) is 0 Å². The maximum absolute atomic E-state index is 12.5. The zero-order valence-corrected chi connectivity index (χ0v) is 12.9. The second-order valence-corrected chi connectivity index (χ2v) is 6.60. The van der Waals surface area contributed by atoms with Crippen molar-refractivity contribution < 1.29 is 4.79 Å². The van der Waals surface area contributed by atoms with E-state index in [0.717, 1.165) is 30.5 Å². The number of nitrogens with zero attached hydrogens (tertiary/aromatic N) is 1. The number of rotatable bonds is 1. The van der Waals surface area contributed by atoms with Crippen molar-refractivity contribution in [1.29, 1.82) is 0 Å². The lowest BCUT2D eigenvalue weighted by atomic mass is 9.93. The standard InChI is InChI=1S/C14H16BrClN2O/c15-10-1-2-11(12(16)7-10)14(19)18-6-4-13-9(8-18)3-5-17-13/h1-2,7,9,13,17H,3-6,8H2. The van der Waals surface area contributed by atoms with Gasteiger partial charge in [0, 0.05) is 23.6 Å². The van der Waals surface area contributed by atoms with Crippen LogP contribution in [0.15, 0.2) is 22.7 Å². The van der Waals surface area contributed by atoms with Crippen molar-refractivity contribution in [2.75, 3.05) is 19.6 Å². The van der Waals surface area contributed by atoms with E-state index < -0.39 is 0 Å². The molecule has 0 bridgehead atoms. The lowest BCUT2D eigenvalue weighted by molar-refractivity contribution is 0.0662. The normalized spacial score (nSPS) is 26.3. The summed E-state index contributed by atoms with van der Waals surface area (Å²) in [6.07, 6.45) is 2.22. The summed E-state index contributed by atoms with van der Waals surface area (Å²) in [6, 6.07) is 6.04. The van der Waals surface area contributed by atoms with Crippen LogP contribution in [0.5, 0.6) is 0 Å². The summed E-state index contributed by atoms with van der Waals surface area (Å²) >= 11 is 9.53. The zero-order valence-electron chi connectivity index (χ0n) is 10.5. The molecule has 3 rings (SSSR count). The summed E-state index contributed by atoms with van der Waals surface area (Å²) in [5, 5.41) is 4.03. The number of piperidine rings is 1. The number of likely N-dealkylation sites (tertiary alicyclic amines) is 1. The number of hydrogen-bond acceptors (Lipinski definition) is 2. The van der Waals surface area contributed by atoms with E-state index in [1.807, 2.05) is 11.0 Å². The zero-order chi connectivity index (χ0) is 13.4. The predicted octanol–water partition coefficient (Wildman–Crippen LogP) is 2.93. The van der Waals surface area contributed by atoms with Crippen LogP contribution < -0.4 is 5.32 Å². The second-order valence-electron chi connectivity index (χ2n) is 5.27. The molecular formula is C14H16BrClN2O. The van der Waals surface area contributed by atoms with E-state index in [0.29, 0.717) is 22.5 Å². The molecule has 1 aromatic carbocycles. The first-order valence-corrected chi connectivity index (χ1v) is 7.80. The lowest BCUT2D eigenvalue weighted by Crippen LogP contribution is -2.46. The van der Waals surface area contributed by atoms with E-state index in [1.165, 1.54) is 6.42 Å². The summed E-state index contributed by atoms with van der Waals surface area (Å²) in [6.45, 7) is 2.75. The third kappa shape index (κ3) is 2.67. The van der Waals surface area contributed by atoms with Crippen LogP contribution in [0.2, 0.25) is 5.02 Å². The molecule has 1 aromatic rings. The molecule has 0 spiro atoms. The fraction of sp³-hybridized carbons (Fsp3) is 0.500. The van der Waals surface area contributed by atoms with Gasteiger partial charge in [-0.25, -0.2) is 0 Å². The van der Waals surface area contributed by atoms with Gasteiger partial charge in [0.1, 0.15) is 0 Å². The SMILES string of the molecule is O=C(c1ccc(Br)cc1Cl)N1CCC2NCCC2C1. The van der Waals surface area contributed by atoms with Crippen LogP contribution in [0, 0.1) is 5.92 Å². The van der Waals surface area contributed by atoms with Crippen LogP contribution in [0.4, 0.5) is 0 Å². The van der Waals surface area contributed by atoms with E-state index in [1.54, 1.807) is 12.1 Å². The molecule has 2 fully saturated rings. The molecule has 0 aromatic heterocycles. The summed E-state index contributed by atoms with van der Waals surface area (Å²) in [7, 11) is 0. The van der Waals surface area contributed by atoms with Crippen molar-refractivity contribution in [3.63, 3.8) is 0 Å². The van der Waals surface area contributed by atoms with Gasteiger partial charge >= 0.3 is 0 Å². The average molecular weight is 344 g/mol. The van der Waals surface area contributed by atoms with E-state index in [2.05, 4.69) is 21.2 Å². The van der Waals surface area contributed by atoms with Crippen LogP contribution >= 0.6 is 27.5 Å². The number of nitrogens with one attached hydrogen (secondary N) is 1. The van der Waals surface area contributed by atoms with E-state index in [9.17, 15) is 4.79 Å². The molecule has 2 heterocycles. The van der Waals surface area contributed by atoms with Crippen molar-refractivity contribution in [3.05, 3.63) is 33.3 Å². The number of benzene rings is 1. The summed E-state index contributed by atoms with van der Waals surface area (Å²) in [5.41, 5.74) is 0.606. The highest BCUT2D eigenvalue weighted by Gasteiger charge is 2.34. The monoisotopic (exact) mass is 342 g/mol. The number of fused-ring (bicyclic) bond motifs is 1. The molecule has 5 heteroatoms. The molecule has 0 aliphatic carbocycles. The summed E-state index contributed by atoms with van der Waals surface area (Å²) in [5.74, 6) is 0.662. The van der Waals surface area contributed by atoms with Crippen LogP contribution in [-0.2, 0) is 0 Å². The Kier molecular flexibility index (Phi) is 3.83. The Balaban J connectivity index is 1.76. The van der Waals surface area contributed by atoms with Gasteiger partial charge in [0.2, 0.25) is 0 Å². The Morgan fingerprint density at radius 2 is 2.26 bits per heavy atom. The van der Waals surface area contributed by atoms with Gasteiger partial charge in [-0.3, -0.25) is 4.79 Å². The molecule has 102 valence electrons. The molecule has 2 saturated heterocycles. The van der Waals surface area contributed by atoms with Gasteiger partial charge in [-0.05, 0) is 43.5 Å². The highest BCUT2D eigenvalue weighted by atomic mass is 79.9. The highest BCUT2D eigenvalue weighted by Crippen LogP contribution is 2.28. The van der Waals surface area contributed by atoms with E-state index in [-0.39, 0.29) is 5.91 Å². The molecule has 1 N–H and O–H groups in total. The average Bonchev–Trinajstić information content (AvgIpc) is 2.85. The van der Waals surface area contributed by atoms with Crippen molar-refractivity contribution in [2.45, 2.75) is 18.9 Å². The maximum atomic E-state index is 12.5. The number of carbonyl (C=O) groups excluding carboxylic acids is 1. The topological polar surface area (TPSA) is 32.3 Å². The number of halogens is 2. The van der Waals surface area contributed by atoms with Gasteiger partial charge in [0.05, 0.1) is 10.6 Å². The molecule has 0 saturated carbocycles. The van der Waals surface area contributed by atoms with E-state index in [4.69, 9.17) is 11.6 Å². The quantitative estimate of drug-likeness (QED) is 0.850. The van der Waals surface area contributed by atoms with Gasteiger partial charge in [-0.15, -0.1) is 0 Å². The van der Waals surface area contributed by atoms with Gasteiger partial charge in [-0.2, -0.15) is 0 Å². The van der Waals surface area contributed by atoms with Crippen LogP contribution in [0.1, 0.15) is 23.2 Å². The minimum absolute atomic E-state index is 0.0582. The number of amides is 1. The highest BCUT2D eigenvalue weighted by molar-refractivity contribution is 9.10. The van der Waals surface area contributed by atoms with Crippen molar-refractivity contribution in [1.82, 2.24) is 10.2 Å². The molecule has 1 amide bonds. The molecule has 3 nitrogen and oxygen atoms in total.